The maximum atomic E-state index is 12.0. The molecule has 5 rings (SSSR count). The van der Waals surface area contributed by atoms with Crippen molar-refractivity contribution in [3.8, 4) is 11.3 Å². The van der Waals surface area contributed by atoms with E-state index in [2.05, 4.69) is 43.2 Å². The van der Waals surface area contributed by atoms with Gasteiger partial charge in [-0.05, 0) is 67.2 Å². The molecule has 2 aromatic heterocycles. The molecular weight excluding hydrogens is 482 g/mol. The molecule has 0 aliphatic rings. The van der Waals surface area contributed by atoms with E-state index in [1.165, 1.54) is 17.1 Å². The molecule has 1 atom stereocenters. The fourth-order valence-corrected chi connectivity index (χ4v) is 5.24. The van der Waals surface area contributed by atoms with E-state index in [1.807, 2.05) is 69.3 Å². The van der Waals surface area contributed by atoms with Crippen LogP contribution >= 0.6 is 11.5 Å². The lowest BCUT2D eigenvalue weighted by Gasteiger charge is -2.20. The maximum absolute atomic E-state index is 12.0. The first-order chi connectivity index (χ1) is 17.9. The Balaban J connectivity index is 1.23. The number of rotatable bonds is 9. The summed E-state index contributed by atoms with van der Waals surface area (Å²) >= 11 is 1.45. The molecule has 188 valence electrons. The molecule has 0 bridgehead atoms. The fourth-order valence-electron chi connectivity index (χ4n) is 4.57. The van der Waals surface area contributed by atoms with Crippen molar-refractivity contribution in [2.45, 2.75) is 39.8 Å². The number of aliphatic carboxylic acids is 1. The van der Waals surface area contributed by atoms with E-state index in [4.69, 9.17) is 0 Å². The number of hydrogen-bond donors (Lipinski definition) is 4. The fraction of sp³-hybridized carbons (Fsp3) is 0.207. The van der Waals surface area contributed by atoms with Crippen molar-refractivity contribution in [3.05, 3.63) is 93.9 Å². The third-order valence-corrected chi connectivity index (χ3v) is 7.15. The molecule has 5 aromatic rings. The van der Waals surface area contributed by atoms with Crippen LogP contribution in [0.3, 0.4) is 0 Å². The first-order valence-corrected chi connectivity index (χ1v) is 12.9. The summed E-state index contributed by atoms with van der Waals surface area (Å²) in [5.74, 6) is -0.136. The predicted octanol–water partition coefficient (Wildman–Crippen LogP) is 6.33. The number of fused-ring (bicyclic) bond motifs is 1. The van der Waals surface area contributed by atoms with Gasteiger partial charge in [0.1, 0.15) is 6.04 Å². The number of para-hydroxylation sites is 2. The average Bonchev–Trinajstić information content (AvgIpc) is 3.51. The number of H-pyrrole nitrogens is 1. The van der Waals surface area contributed by atoms with Gasteiger partial charge < -0.3 is 20.7 Å². The highest BCUT2D eigenvalue weighted by molar-refractivity contribution is 7.06. The Morgan fingerprint density at radius 2 is 1.76 bits per heavy atom. The third-order valence-electron chi connectivity index (χ3n) is 6.36. The molecule has 37 heavy (non-hydrogen) atoms. The number of aromatic amines is 1. The highest BCUT2D eigenvalue weighted by Crippen LogP contribution is 2.26. The molecule has 1 unspecified atom stereocenters. The van der Waals surface area contributed by atoms with Crippen LogP contribution in [0.1, 0.15) is 27.1 Å². The maximum Gasteiger partial charge on any atom is 0.326 e. The van der Waals surface area contributed by atoms with Crippen LogP contribution in [0, 0.1) is 20.8 Å². The molecule has 0 spiro atoms. The molecule has 0 aliphatic heterocycles. The minimum Gasteiger partial charge on any atom is -0.480 e. The second kappa shape index (κ2) is 10.4. The molecule has 0 amide bonds. The van der Waals surface area contributed by atoms with E-state index in [0.29, 0.717) is 13.0 Å². The Labute approximate surface area is 219 Å². The molecule has 3 aromatic carbocycles. The Bertz CT molecular complexity index is 1500. The standard InChI is InChI=1S/C29H29N5O2S/c1-17-12-18(2)27(19(3)13-17)31-26(28(35)36)14-20-8-10-21(11-9-20)25-15-22(37-34-25)16-30-29-32-23-6-4-5-7-24(23)33-29/h4-13,15,26,31H,14,16H2,1-3H3,(H,35,36)(H2,30,32,33). The number of anilines is 2. The summed E-state index contributed by atoms with van der Waals surface area (Å²) in [5.41, 5.74) is 8.94. The Kier molecular flexibility index (Phi) is 6.92. The number of hydrogen-bond acceptors (Lipinski definition) is 6. The lowest BCUT2D eigenvalue weighted by atomic mass is 10.0. The van der Waals surface area contributed by atoms with E-state index >= 15 is 0 Å². The zero-order valence-corrected chi connectivity index (χ0v) is 21.8. The van der Waals surface area contributed by atoms with Crippen molar-refractivity contribution >= 4 is 40.2 Å². The SMILES string of the molecule is Cc1cc(C)c(NC(Cc2ccc(-c3cc(CNc4nc5ccccc5[nH]4)sn3)cc2)C(=O)O)c(C)c1. The second-order valence-electron chi connectivity index (χ2n) is 9.34. The van der Waals surface area contributed by atoms with E-state index in [0.717, 1.165) is 55.5 Å². The molecule has 0 aliphatic carbocycles. The second-order valence-corrected chi connectivity index (χ2v) is 10.2. The van der Waals surface area contributed by atoms with Crippen molar-refractivity contribution in [3.63, 3.8) is 0 Å². The molecular formula is C29H29N5O2S. The van der Waals surface area contributed by atoms with E-state index in [1.54, 1.807) is 0 Å². The first kappa shape index (κ1) is 24.5. The summed E-state index contributed by atoms with van der Waals surface area (Å²) in [7, 11) is 0. The van der Waals surface area contributed by atoms with Crippen molar-refractivity contribution < 1.29 is 9.90 Å². The monoisotopic (exact) mass is 511 g/mol. The van der Waals surface area contributed by atoms with Gasteiger partial charge in [-0.1, -0.05) is 54.1 Å². The van der Waals surface area contributed by atoms with Gasteiger partial charge in [0.2, 0.25) is 5.95 Å². The van der Waals surface area contributed by atoms with Crippen LogP contribution in [0.4, 0.5) is 11.6 Å². The topological polar surface area (TPSA) is 103 Å². The van der Waals surface area contributed by atoms with Crippen LogP contribution < -0.4 is 10.6 Å². The van der Waals surface area contributed by atoms with Crippen LogP contribution in [0.5, 0.6) is 0 Å². The largest absolute Gasteiger partial charge is 0.480 e. The van der Waals surface area contributed by atoms with E-state index in [9.17, 15) is 9.90 Å². The van der Waals surface area contributed by atoms with Crippen LogP contribution in [0.25, 0.3) is 22.3 Å². The summed E-state index contributed by atoms with van der Waals surface area (Å²) in [5, 5.41) is 16.4. The number of aryl methyl sites for hydroxylation is 3. The van der Waals surface area contributed by atoms with Crippen molar-refractivity contribution in [1.82, 2.24) is 14.3 Å². The van der Waals surface area contributed by atoms with Gasteiger partial charge in [0.05, 0.1) is 23.3 Å². The van der Waals surface area contributed by atoms with Crippen molar-refractivity contribution in [1.29, 1.82) is 0 Å². The first-order valence-electron chi connectivity index (χ1n) is 12.2. The summed E-state index contributed by atoms with van der Waals surface area (Å²) < 4.78 is 4.61. The van der Waals surface area contributed by atoms with Gasteiger partial charge >= 0.3 is 5.97 Å². The zero-order valence-electron chi connectivity index (χ0n) is 21.0. The average molecular weight is 512 g/mol. The minimum atomic E-state index is -0.871. The van der Waals surface area contributed by atoms with Gasteiger partial charge in [0.25, 0.3) is 0 Å². The van der Waals surface area contributed by atoms with Gasteiger partial charge in [0, 0.05) is 22.5 Å². The molecule has 8 heteroatoms. The predicted molar refractivity (Wildman–Crippen MR) is 150 cm³/mol. The summed E-state index contributed by atoms with van der Waals surface area (Å²) in [6.07, 6.45) is 0.381. The normalized spacial score (nSPS) is 12.0. The molecule has 0 saturated carbocycles. The summed E-state index contributed by atoms with van der Waals surface area (Å²) in [6.45, 7) is 6.68. The number of aromatic nitrogens is 3. The Morgan fingerprint density at radius 1 is 1.03 bits per heavy atom. The minimum absolute atomic E-state index is 0.381. The van der Waals surface area contributed by atoms with Crippen LogP contribution in [-0.4, -0.2) is 31.5 Å². The lowest BCUT2D eigenvalue weighted by molar-refractivity contribution is -0.137. The van der Waals surface area contributed by atoms with Gasteiger partial charge in [-0.2, -0.15) is 4.37 Å². The smallest absolute Gasteiger partial charge is 0.326 e. The molecule has 0 radical (unpaired) electrons. The van der Waals surface area contributed by atoms with Crippen LogP contribution in [0.15, 0.2) is 66.7 Å². The number of nitrogens with one attached hydrogen (secondary N) is 3. The quantitative estimate of drug-likeness (QED) is 0.184. The van der Waals surface area contributed by atoms with Crippen molar-refractivity contribution in [2.24, 2.45) is 0 Å². The van der Waals surface area contributed by atoms with Crippen molar-refractivity contribution in [2.75, 3.05) is 10.6 Å². The number of carboxylic acids is 1. The highest BCUT2D eigenvalue weighted by Gasteiger charge is 2.20. The van der Waals surface area contributed by atoms with Gasteiger partial charge in [-0.25, -0.2) is 9.78 Å². The van der Waals surface area contributed by atoms with E-state index in [-0.39, 0.29) is 0 Å². The summed E-state index contributed by atoms with van der Waals surface area (Å²) in [4.78, 5) is 20.9. The molecule has 0 saturated heterocycles. The Hall–Kier alpha value is -4.17. The lowest BCUT2D eigenvalue weighted by Crippen LogP contribution is -2.32. The van der Waals surface area contributed by atoms with Gasteiger partial charge in [0.15, 0.2) is 0 Å². The highest BCUT2D eigenvalue weighted by atomic mass is 32.1. The third kappa shape index (κ3) is 5.65. The summed E-state index contributed by atoms with van der Waals surface area (Å²) in [6, 6.07) is 21.4. The number of carboxylic acid groups (broad SMARTS) is 1. The Morgan fingerprint density at radius 3 is 2.46 bits per heavy atom. The molecule has 7 nitrogen and oxygen atoms in total. The number of carbonyl (C=O) groups is 1. The van der Waals surface area contributed by atoms with Crippen LogP contribution in [0.2, 0.25) is 0 Å². The molecule has 2 heterocycles. The van der Waals surface area contributed by atoms with Gasteiger partial charge in [-0.3, -0.25) is 0 Å². The number of benzene rings is 3. The van der Waals surface area contributed by atoms with E-state index < -0.39 is 12.0 Å². The van der Waals surface area contributed by atoms with Crippen LogP contribution in [-0.2, 0) is 17.8 Å². The molecule has 0 fully saturated rings. The number of imidazole rings is 1. The molecule has 4 N–H and O–H groups in total. The van der Waals surface area contributed by atoms with Gasteiger partial charge in [-0.15, -0.1) is 0 Å². The number of nitrogens with zero attached hydrogens (tertiary/aromatic N) is 2. The zero-order chi connectivity index (χ0) is 25.9.